The molecule has 0 bridgehead atoms. The molecule has 0 saturated carbocycles. The first-order chi connectivity index (χ1) is 7.00. The number of aryl methyl sites for hydroxylation is 1. The van der Waals surface area contributed by atoms with Gasteiger partial charge in [0.2, 0.25) is 0 Å². The van der Waals surface area contributed by atoms with E-state index in [-0.39, 0.29) is 0 Å². The molecule has 1 rings (SSSR count). The number of pyridine rings is 1. The molecule has 1 heterocycles. The fraction of sp³-hybridized carbons (Fsp3) is 0.545. The molecule has 1 nitrogen and oxygen atoms in total. The fourth-order valence-electron chi connectivity index (χ4n) is 0.701. The Kier molecular flexibility index (Phi) is 9.02. The largest absolute Gasteiger partial charge is 0.433 e. The molecule has 0 amide bonds. The lowest BCUT2D eigenvalue weighted by Crippen LogP contribution is -2.07. The third-order valence-corrected chi connectivity index (χ3v) is 1.18. The molecule has 0 aliphatic rings. The summed E-state index contributed by atoms with van der Waals surface area (Å²) in [5, 5.41) is 0. The normalized spacial score (nSPS) is 9.33. The number of nitrogens with zero attached hydrogens (tertiary/aromatic N) is 1. The highest BCUT2D eigenvalue weighted by Crippen LogP contribution is 2.27. The molecule has 0 radical (unpaired) electrons. The maximum Gasteiger partial charge on any atom is 0.433 e. The van der Waals surface area contributed by atoms with Crippen LogP contribution >= 0.6 is 0 Å². The van der Waals surface area contributed by atoms with Crippen LogP contribution in [0.25, 0.3) is 0 Å². The summed E-state index contributed by atoms with van der Waals surface area (Å²) in [5.74, 6) is 0. The predicted octanol–water partition coefficient (Wildman–Crippen LogP) is 4.46. The predicted molar refractivity (Wildman–Crippen MR) is 56.7 cm³/mol. The van der Waals surface area contributed by atoms with Crippen molar-refractivity contribution in [1.82, 2.24) is 4.98 Å². The van der Waals surface area contributed by atoms with Crippen molar-refractivity contribution in [2.75, 3.05) is 0 Å². The molecule has 1 aromatic rings. The molecule has 1 aromatic heterocycles. The highest BCUT2D eigenvalue weighted by molar-refractivity contribution is 5.12. The molecule has 0 fully saturated rings. The average molecular weight is 221 g/mol. The van der Waals surface area contributed by atoms with Crippen LogP contribution in [0.1, 0.15) is 39.1 Å². The van der Waals surface area contributed by atoms with Crippen molar-refractivity contribution in [3.05, 3.63) is 29.6 Å². The van der Waals surface area contributed by atoms with E-state index >= 15 is 0 Å². The van der Waals surface area contributed by atoms with Crippen molar-refractivity contribution < 1.29 is 13.2 Å². The van der Waals surface area contributed by atoms with Gasteiger partial charge in [0.25, 0.3) is 0 Å². The molecule has 0 N–H and O–H groups in total. The molecule has 0 aromatic carbocycles. The van der Waals surface area contributed by atoms with Crippen molar-refractivity contribution in [3.63, 3.8) is 0 Å². The van der Waals surface area contributed by atoms with Crippen LogP contribution < -0.4 is 0 Å². The lowest BCUT2D eigenvalue weighted by molar-refractivity contribution is -0.141. The summed E-state index contributed by atoms with van der Waals surface area (Å²) < 4.78 is 35.7. The minimum absolute atomic E-state index is 0.375. The molecule has 0 saturated heterocycles. The van der Waals surface area contributed by atoms with E-state index in [1.54, 1.807) is 0 Å². The number of aromatic nitrogens is 1. The second kappa shape index (κ2) is 8.26. The summed E-state index contributed by atoms with van der Waals surface area (Å²) in [4.78, 5) is 3.32. The van der Waals surface area contributed by atoms with E-state index in [1.807, 2.05) is 27.7 Å². The molecule has 0 spiro atoms. The first kappa shape index (κ1) is 16.4. The Morgan fingerprint density at radius 2 is 1.47 bits per heavy atom. The van der Waals surface area contributed by atoms with Crippen molar-refractivity contribution in [1.29, 1.82) is 0 Å². The minimum Gasteiger partial charge on any atom is -0.249 e. The summed E-state index contributed by atoms with van der Waals surface area (Å²) in [7, 11) is 0. The Morgan fingerprint density at radius 3 is 1.73 bits per heavy atom. The lowest BCUT2D eigenvalue weighted by atomic mass is 10.3. The lowest BCUT2D eigenvalue weighted by Gasteiger charge is -2.04. The third kappa shape index (κ3) is 6.94. The van der Waals surface area contributed by atoms with Gasteiger partial charge < -0.3 is 0 Å². The van der Waals surface area contributed by atoms with Crippen molar-refractivity contribution in [3.8, 4) is 0 Å². The first-order valence-electron chi connectivity index (χ1n) is 5.01. The topological polar surface area (TPSA) is 12.9 Å². The monoisotopic (exact) mass is 221 g/mol. The molecule has 88 valence electrons. The maximum atomic E-state index is 11.9. The van der Waals surface area contributed by atoms with Gasteiger partial charge in [0, 0.05) is 5.69 Å². The molecular formula is C11H18F3N. The fourth-order valence-corrected chi connectivity index (χ4v) is 0.701. The summed E-state index contributed by atoms with van der Waals surface area (Å²) in [6.45, 7) is 9.52. The number of halogens is 3. The van der Waals surface area contributed by atoms with Crippen LogP contribution in [0.15, 0.2) is 18.2 Å². The van der Waals surface area contributed by atoms with Gasteiger partial charge in [-0.2, -0.15) is 13.2 Å². The second-order valence-corrected chi connectivity index (χ2v) is 2.16. The van der Waals surface area contributed by atoms with E-state index in [4.69, 9.17) is 0 Å². The highest BCUT2D eigenvalue weighted by Gasteiger charge is 2.31. The Morgan fingerprint density at radius 1 is 1.00 bits per heavy atom. The van der Waals surface area contributed by atoms with Gasteiger partial charge in [-0.1, -0.05) is 33.8 Å². The van der Waals surface area contributed by atoms with Gasteiger partial charge in [-0.3, -0.25) is 0 Å². The van der Waals surface area contributed by atoms with Crippen LogP contribution in [0.3, 0.4) is 0 Å². The van der Waals surface area contributed by atoms with Crippen LogP contribution in [-0.2, 0) is 6.18 Å². The molecule has 4 heteroatoms. The molecule has 0 atom stereocenters. The number of alkyl halides is 3. The van der Waals surface area contributed by atoms with Crippen LogP contribution in [-0.4, -0.2) is 4.98 Å². The van der Waals surface area contributed by atoms with E-state index in [1.165, 1.54) is 19.1 Å². The van der Waals surface area contributed by atoms with Gasteiger partial charge >= 0.3 is 6.18 Å². The zero-order valence-corrected chi connectivity index (χ0v) is 9.81. The zero-order chi connectivity index (χ0) is 12.5. The quantitative estimate of drug-likeness (QED) is 0.630. The Hall–Kier alpha value is -1.06. The maximum absolute atomic E-state index is 11.9. The van der Waals surface area contributed by atoms with Crippen LogP contribution in [0, 0.1) is 6.92 Å². The standard InChI is InChI=1S/C7H6F3N.2C2H6/c1-5-3-2-4-6(11-5)7(8,9)10;2*1-2/h2-4H,1H3;2*1-2H3. The summed E-state index contributed by atoms with van der Waals surface area (Å²) >= 11 is 0. The van der Waals surface area contributed by atoms with Crippen molar-refractivity contribution in [2.45, 2.75) is 40.8 Å². The van der Waals surface area contributed by atoms with E-state index in [2.05, 4.69) is 4.98 Å². The van der Waals surface area contributed by atoms with Gasteiger partial charge in [-0.15, -0.1) is 0 Å². The van der Waals surface area contributed by atoms with Crippen molar-refractivity contribution >= 4 is 0 Å². The molecule has 15 heavy (non-hydrogen) atoms. The third-order valence-electron chi connectivity index (χ3n) is 1.18. The Balaban J connectivity index is 0. The van der Waals surface area contributed by atoms with E-state index in [0.29, 0.717) is 5.69 Å². The number of hydrogen-bond acceptors (Lipinski definition) is 1. The minimum atomic E-state index is -4.33. The van der Waals surface area contributed by atoms with Gasteiger partial charge in [-0.25, -0.2) is 4.98 Å². The number of rotatable bonds is 0. The van der Waals surface area contributed by atoms with Gasteiger partial charge in [0.05, 0.1) is 0 Å². The second-order valence-electron chi connectivity index (χ2n) is 2.16. The van der Waals surface area contributed by atoms with E-state index in [0.717, 1.165) is 6.07 Å². The van der Waals surface area contributed by atoms with E-state index < -0.39 is 11.9 Å². The Labute approximate surface area is 89.3 Å². The van der Waals surface area contributed by atoms with Crippen LogP contribution in [0.4, 0.5) is 13.2 Å². The van der Waals surface area contributed by atoms with E-state index in [9.17, 15) is 13.2 Å². The summed E-state index contributed by atoms with van der Waals surface area (Å²) in [6.07, 6.45) is -4.33. The molecule has 0 unspecified atom stereocenters. The van der Waals surface area contributed by atoms with Crippen molar-refractivity contribution in [2.24, 2.45) is 0 Å². The molecule has 0 aliphatic carbocycles. The van der Waals surface area contributed by atoms with Gasteiger partial charge in [0.15, 0.2) is 0 Å². The zero-order valence-electron chi connectivity index (χ0n) is 9.81. The van der Waals surface area contributed by atoms with Crippen LogP contribution in [0.5, 0.6) is 0 Å². The smallest absolute Gasteiger partial charge is 0.249 e. The Bertz CT molecular complexity index is 256. The average Bonchev–Trinajstić information content (AvgIpc) is 2.23. The molecular weight excluding hydrogens is 203 g/mol. The summed E-state index contributed by atoms with van der Waals surface area (Å²) in [5.41, 5.74) is -0.461. The number of hydrogen-bond donors (Lipinski definition) is 0. The van der Waals surface area contributed by atoms with Crippen LogP contribution in [0.2, 0.25) is 0 Å². The SMILES string of the molecule is CC.CC.Cc1cccc(C(F)(F)F)n1. The molecule has 0 aliphatic heterocycles. The first-order valence-corrected chi connectivity index (χ1v) is 5.01. The van der Waals surface area contributed by atoms with Gasteiger partial charge in [-0.05, 0) is 19.1 Å². The highest BCUT2D eigenvalue weighted by atomic mass is 19.4. The van der Waals surface area contributed by atoms with Gasteiger partial charge in [0.1, 0.15) is 5.69 Å². The summed E-state index contributed by atoms with van der Waals surface area (Å²) in [6, 6.07) is 3.81.